The van der Waals surface area contributed by atoms with E-state index in [1.807, 2.05) is 60.7 Å². The molecule has 0 amide bonds. The van der Waals surface area contributed by atoms with Gasteiger partial charge in [0.05, 0.1) is 5.41 Å². The van der Waals surface area contributed by atoms with Crippen molar-refractivity contribution in [3.05, 3.63) is 247 Å². The Hall–Kier alpha value is -7.75. The SMILES string of the molecule is c1ccc(-c2nc(-c3ccccc3)nc(-c3ccccc3-c3ccc(-c4ccc(C5(c6ccccc6)c6ccccc6-c6c5ccc5ccccc65)cc4)cc3)n2)cc1. The van der Waals surface area contributed by atoms with Crippen molar-refractivity contribution in [2.75, 3.05) is 0 Å². The number of hydrogen-bond donors (Lipinski definition) is 0. The van der Waals surface area contributed by atoms with Crippen LogP contribution in [0.25, 0.3) is 78.3 Å². The highest BCUT2D eigenvalue weighted by Crippen LogP contribution is 2.57. The van der Waals surface area contributed by atoms with Gasteiger partial charge in [0.2, 0.25) is 0 Å². The van der Waals surface area contributed by atoms with Crippen molar-refractivity contribution >= 4 is 10.8 Å². The van der Waals surface area contributed by atoms with Gasteiger partial charge in [-0.25, -0.2) is 15.0 Å². The summed E-state index contributed by atoms with van der Waals surface area (Å²) in [5.74, 6) is 1.94. The van der Waals surface area contributed by atoms with E-state index in [-0.39, 0.29) is 0 Å². The fourth-order valence-electron chi connectivity index (χ4n) is 9.14. The predicted octanol–water partition coefficient (Wildman–Crippen LogP) is 13.7. The first-order valence-corrected chi connectivity index (χ1v) is 20.1. The zero-order valence-electron chi connectivity index (χ0n) is 32.2. The normalized spacial score (nSPS) is 14.2. The van der Waals surface area contributed by atoms with Crippen LogP contribution in [0.5, 0.6) is 0 Å². The second kappa shape index (κ2) is 14.3. The molecule has 59 heavy (non-hydrogen) atoms. The van der Waals surface area contributed by atoms with E-state index in [0.717, 1.165) is 33.4 Å². The van der Waals surface area contributed by atoms with Crippen LogP contribution in [0.15, 0.2) is 224 Å². The molecule has 1 aliphatic rings. The number of benzene rings is 9. The Labute approximate surface area is 344 Å². The van der Waals surface area contributed by atoms with Crippen LogP contribution in [-0.2, 0) is 5.41 Å². The molecular formula is C56H37N3. The first kappa shape index (κ1) is 34.5. The van der Waals surface area contributed by atoms with Gasteiger partial charge in [-0.3, -0.25) is 0 Å². The smallest absolute Gasteiger partial charge is 0.164 e. The molecule has 0 spiro atoms. The first-order chi connectivity index (χ1) is 29.3. The van der Waals surface area contributed by atoms with Gasteiger partial charge >= 0.3 is 0 Å². The molecule has 10 aromatic rings. The second-order valence-corrected chi connectivity index (χ2v) is 15.1. The van der Waals surface area contributed by atoms with Crippen LogP contribution in [0.2, 0.25) is 0 Å². The van der Waals surface area contributed by atoms with E-state index in [1.165, 1.54) is 49.7 Å². The topological polar surface area (TPSA) is 38.7 Å². The molecular weight excluding hydrogens is 715 g/mol. The zero-order valence-corrected chi connectivity index (χ0v) is 32.2. The Morgan fingerprint density at radius 2 is 0.746 bits per heavy atom. The lowest BCUT2D eigenvalue weighted by Gasteiger charge is -2.34. The van der Waals surface area contributed by atoms with Gasteiger partial charge in [0.15, 0.2) is 17.5 Å². The molecule has 1 unspecified atom stereocenters. The van der Waals surface area contributed by atoms with Crippen molar-refractivity contribution in [1.29, 1.82) is 0 Å². The van der Waals surface area contributed by atoms with E-state index in [9.17, 15) is 0 Å². The molecule has 1 heterocycles. The van der Waals surface area contributed by atoms with Crippen molar-refractivity contribution in [3.63, 3.8) is 0 Å². The van der Waals surface area contributed by atoms with E-state index in [0.29, 0.717) is 17.5 Å². The summed E-state index contributed by atoms with van der Waals surface area (Å²) in [6.45, 7) is 0. The Kier molecular flexibility index (Phi) is 8.37. The molecule has 1 atom stereocenters. The quantitative estimate of drug-likeness (QED) is 0.163. The van der Waals surface area contributed by atoms with Crippen molar-refractivity contribution in [2.24, 2.45) is 0 Å². The summed E-state index contributed by atoms with van der Waals surface area (Å²) < 4.78 is 0. The predicted molar refractivity (Wildman–Crippen MR) is 242 cm³/mol. The maximum absolute atomic E-state index is 5.04. The van der Waals surface area contributed by atoms with Gasteiger partial charge in [0, 0.05) is 16.7 Å². The van der Waals surface area contributed by atoms with Gasteiger partial charge in [0.1, 0.15) is 0 Å². The molecule has 0 N–H and O–H groups in total. The largest absolute Gasteiger partial charge is 0.208 e. The minimum Gasteiger partial charge on any atom is -0.208 e. The fourth-order valence-corrected chi connectivity index (χ4v) is 9.14. The molecule has 1 aliphatic carbocycles. The summed E-state index contributed by atoms with van der Waals surface area (Å²) in [6, 6.07) is 80.1. The van der Waals surface area contributed by atoms with Gasteiger partial charge < -0.3 is 0 Å². The average molecular weight is 752 g/mol. The molecule has 0 saturated carbocycles. The van der Waals surface area contributed by atoms with Crippen LogP contribution >= 0.6 is 0 Å². The summed E-state index contributed by atoms with van der Waals surface area (Å²) in [4.78, 5) is 15.0. The molecule has 1 aromatic heterocycles. The average Bonchev–Trinajstić information content (AvgIpc) is 3.64. The molecule has 11 rings (SSSR count). The van der Waals surface area contributed by atoms with Crippen LogP contribution < -0.4 is 0 Å². The standard InChI is InChI=1S/C56H37N3/c1-4-17-42(18-5-1)53-57-54(43-19-6-2-7-20-43)59-55(58-53)48-25-13-12-23-46(48)41-30-28-38(29-31-41)39-32-35-45(36-33-39)56(44-21-8-3-9-22-44)50-27-15-14-26-49(50)52-47-24-11-10-16-40(47)34-37-51(52)56/h1-37H. The van der Waals surface area contributed by atoms with Gasteiger partial charge in [-0.1, -0.05) is 224 Å². The molecule has 0 bridgehead atoms. The van der Waals surface area contributed by atoms with Crippen LogP contribution in [0.3, 0.4) is 0 Å². The number of rotatable bonds is 7. The van der Waals surface area contributed by atoms with Gasteiger partial charge in [0.25, 0.3) is 0 Å². The first-order valence-electron chi connectivity index (χ1n) is 20.1. The number of hydrogen-bond acceptors (Lipinski definition) is 3. The van der Waals surface area contributed by atoms with Crippen LogP contribution in [0.4, 0.5) is 0 Å². The molecule has 0 saturated heterocycles. The van der Waals surface area contributed by atoms with Gasteiger partial charge in [-0.15, -0.1) is 0 Å². The highest BCUT2D eigenvalue weighted by atomic mass is 15.0. The van der Waals surface area contributed by atoms with Gasteiger partial charge in [-0.05, 0) is 66.4 Å². The van der Waals surface area contributed by atoms with E-state index in [1.54, 1.807) is 0 Å². The minimum atomic E-state index is -0.459. The highest BCUT2D eigenvalue weighted by Gasteiger charge is 2.46. The van der Waals surface area contributed by atoms with Crippen molar-refractivity contribution in [1.82, 2.24) is 15.0 Å². The lowest BCUT2D eigenvalue weighted by molar-refractivity contribution is 0.769. The highest BCUT2D eigenvalue weighted by molar-refractivity contribution is 6.04. The summed E-state index contributed by atoms with van der Waals surface area (Å²) in [7, 11) is 0. The third-order valence-corrected chi connectivity index (χ3v) is 11.9. The maximum atomic E-state index is 5.04. The molecule has 3 heteroatoms. The Morgan fingerprint density at radius 3 is 1.41 bits per heavy atom. The lowest BCUT2D eigenvalue weighted by Crippen LogP contribution is -2.28. The van der Waals surface area contributed by atoms with Gasteiger partial charge in [-0.2, -0.15) is 0 Å². The Balaban J connectivity index is 0.983. The summed E-state index contributed by atoms with van der Waals surface area (Å²) >= 11 is 0. The monoisotopic (exact) mass is 751 g/mol. The summed E-state index contributed by atoms with van der Waals surface area (Å²) in [5.41, 5.74) is 14.7. The molecule has 9 aromatic carbocycles. The van der Waals surface area contributed by atoms with E-state index >= 15 is 0 Å². The molecule has 0 fully saturated rings. The van der Waals surface area contributed by atoms with Crippen LogP contribution in [0, 0.1) is 0 Å². The maximum Gasteiger partial charge on any atom is 0.164 e. The van der Waals surface area contributed by atoms with E-state index < -0.39 is 5.41 Å². The molecule has 276 valence electrons. The number of fused-ring (bicyclic) bond motifs is 5. The van der Waals surface area contributed by atoms with E-state index in [2.05, 4.69) is 164 Å². The summed E-state index contributed by atoms with van der Waals surface area (Å²) in [5, 5.41) is 2.55. The zero-order chi connectivity index (χ0) is 39.2. The summed E-state index contributed by atoms with van der Waals surface area (Å²) in [6.07, 6.45) is 0. The van der Waals surface area contributed by atoms with Crippen LogP contribution in [-0.4, -0.2) is 15.0 Å². The molecule has 3 nitrogen and oxygen atoms in total. The minimum absolute atomic E-state index is 0.459. The molecule has 0 aliphatic heterocycles. The van der Waals surface area contributed by atoms with E-state index in [4.69, 9.17) is 15.0 Å². The third-order valence-electron chi connectivity index (χ3n) is 11.9. The van der Waals surface area contributed by atoms with Crippen molar-refractivity contribution in [2.45, 2.75) is 5.41 Å². The lowest BCUT2D eigenvalue weighted by atomic mass is 9.67. The van der Waals surface area contributed by atoms with Crippen molar-refractivity contribution in [3.8, 4) is 67.5 Å². The number of nitrogens with zero attached hydrogens (tertiary/aromatic N) is 3. The third kappa shape index (κ3) is 5.78. The molecule has 0 radical (unpaired) electrons. The Morgan fingerprint density at radius 1 is 0.271 bits per heavy atom. The van der Waals surface area contributed by atoms with Crippen LogP contribution in [0.1, 0.15) is 22.3 Å². The number of aromatic nitrogens is 3. The fraction of sp³-hybridized carbons (Fsp3) is 0.0179. The second-order valence-electron chi connectivity index (χ2n) is 15.1. The van der Waals surface area contributed by atoms with Crippen molar-refractivity contribution < 1.29 is 0 Å². The Bertz CT molecular complexity index is 3070.